The molecule has 1 heterocycles. The van der Waals surface area contributed by atoms with Gasteiger partial charge in [0.15, 0.2) is 0 Å². The highest BCUT2D eigenvalue weighted by molar-refractivity contribution is 7.90. The zero-order valence-electron chi connectivity index (χ0n) is 10.8. The highest BCUT2D eigenvalue weighted by Crippen LogP contribution is 2.69. The van der Waals surface area contributed by atoms with Crippen LogP contribution in [0.15, 0.2) is 12.7 Å². The SMILES string of the molecule is C=CC(=O)N1[C@@H]2C[C@H]3CC[C@]2(CS1(=O)=O)C3(C)C. The molecule has 1 saturated heterocycles. The summed E-state index contributed by atoms with van der Waals surface area (Å²) in [5, 5.41) is 0. The summed E-state index contributed by atoms with van der Waals surface area (Å²) in [6.45, 7) is 7.76. The number of sulfonamides is 1. The number of carbonyl (C=O) groups is 1. The summed E-state index contributed by atoms with van der Waals surface area (Å²) >= 11 is 0. The van der Waals surface area contributed by atoms with E-state index < -0.39 is 15.9 Å². The second-order valence-corrected chi connectivity index (χ2v) is 8.31. The molecule has 0 aromatic carbocycles. The first-order chi connectivity index (χ1) is 8.26. The van der Waals surface area contributed by atoms with Gasteiger partial charge in [0.1, 0.15) is 0 Å². The number of hydrogen-bond donors (Lipinski definition) is 0. The molecule has 3 rings (SSSR count). The molecule has 0 radical (unpaired) electrons. The molecule has 3 aliphatic rings. The van der Waals surface area contributed by atoms with Crippen LogP contribution in [0.25, 0.3) is 0 Å². The second kappa shape index (κ2) is 3.18. The van der Waals surface area contributed by atoms with Crippen molar-refractivity contribution in [3.8, 4) is 0 Å². The molecule has 2 bridgehead atoms. The smallest absolute Gasteiger partial charge is 0.259 e. The Balaban J connectivity index is 2.14. The van der Waals surface area contributed by atoms with Gasteiger partial charge in [-0.3, -0.25) is 4.79 Å². The molecule has 5 heteroatoms. The van der Waals surface area contributed by atoms with Gasteiger partial charge in [-0.05, 0) is 36.7 Å². The first-order valence-corrected chi connectivity index (χ1v) is 8.06. The fourth-order valence-corrected chi connectivity index (χ4v) is 7.19. The fourth-order valence-electron chi connectivity index (χ4n) is 4.67. The first-order valence-electron chi connectivity index (χ1n) is 6.45. The van der Waals surface area contributed by atoms with Gasteiger partial charge in [-0.15, -0.1) is 0 Å². The Morgan fingerprint density at radius 3 is 2.67 bits per heavy atom. The Morgan fingerprint density at radius 2 is 2.11 bits per heavy atom. The molecule has 100 valence electrons. The van der Waals surface area contributed by atoms with E-state index in [1.54, 1.807) is 0 Å². The largest absolute Gasteiger partial charge is 0.269 e. The van der Waals surface area contributed by atoms with Gasteiger partial charge < -0.3 is 0 Å². The molecular weight excluding hydrogens is 250 g/mol. The lowest BCUT2D eigenvalue weighted by molar-refractivity contribution is -0.124. The van der Waals surface area contributed by atoms with Gasteiger partial charge in [-0.25, -0.2) is 12.7 Å². The molecule has 4 nitrogen and oxygen atoms in total. The first kappa shape index (κ1) is 12.2. The minimum Gasteiger partial charge on any atom is -0.269 e. The number of rotatable bonds is 1. The molecule has 18 heavy (non-hydrogen) atoms. The highest BCUT2D eigenvalue weighted by Gasteiger charge is 2.72. The van der Waals surface area contributed by atoms with E-state index in [1.807, 2.05) is 0 Å². The Morgan fingerprint density at radius 1 is 1.44 bits per heavy atom. The number of carbonyl (C=O) groups excluding carboxylic acids is 1. The van der Waals surface area contributed by atoms with Crippen molar-refractivity contribution in [3.63, 3.8) is 0 Å². The van der Waals surface area contributed by atoms with Crippen molar-refractivity contribution in [2.75, 3.05) is 5.75 Å². The van der Waals surface area contributed by atoms with Crippen LogP contribution in [0.3, 0.4) is 0 Å². The van der Waals surface area contributed by atoms with Crippen LogP contribution >= 0.6 is 0 Å². The minimum absolute atomic E-state index is 0.0148. The standard InChI is InChI=1S/C13H19NO3S/c1-4-11(15)14-10-7-9-5-6-13(10,12(9,2)3)8-18(14,16)17/h4,9-10H,1,5-8H2,2-3H3/t9-,10-,13-/m1/s1. The topological polar surface area (TPSA) is 54.5 Å². The summed E-state index contributed by atoms with van der Waals surface area (Å²) < 4.78 is 25.7. The van der Waals surface area contributed by atoms with Gasteiger partial charge in [0, 0.05) is 5.41 Å². The van der Waals surface area contributed by atoms with Crippen molar-refractivity contribution in [2.24, 2.45) is 16.7 Å². The Bertz CT molecular complexity index is 536. The summed E-state index contributed by atoms with van der Waals surface area (Å²) in [7, 11) is -3.46. The molecule has 1 spiro atoms. The van der Waals surface area contributed by atoms with Gasteiger partial charge in [-0.2, -0.15) is 0 Å². The molecule has 0 N–H and O–H groups in total. The van der Waals surface area contributed by atoms with Crippen LogP contribution in [-0.2, 0) is 14.8 Å². The molecular formula is C13H19NO3S. The summed E-state index contributed by atoms with van der Waals surface area (Å²) in [5.74, 6) is 0.214. The predicted octanol–water partition coefficient (Wildman–Crippen LogP) is 1.54. The van der Waals surface area contributed by atoms with Crippen LogP contribution in [0.4, 0.5) is 0 Å². The van der Waals surface area contributed by atoms with Gasteiger partial charge >= 0.3 is 0 Å². The highest BCUT2D eigenvalue weighted by atomic mass is 32.2. The summed E-state index contributed by atoms with van der Waals surface area (Å²) in [5.41, 5.74) is -0.212. The van der Waals surface area contributed by atoms with Gasteiger partial charge in [-0.1, -0.05) is 20.4 Å². The van der Waals surface area contributed by atoms with E-state index in [2.05, 4.69) is 20.4 Å². The van der Waals surface area contributed by atoms with Crippen molar-refractivity contribution in [2.45, 2.75) is 39.2 Å². The van der Waals surface area contributed by atoms with Crippen molar-refractivity contribution in [3.05, 3.63) is 12.7 Å². The average Bonchev–Trinajstić information content (AvgIpc) is 2.74. The summed E-state index contributed by atoms with van der Waals surface area (Å²) in [6, 6.07) is -0.137. The molecule has 1 aliphatic heterocycles. The molecule has 0 aromatic heterocycles. The normalized spacial score (nSPS) is 42.9. The van der Waals surface area contributed by atoms with Crippen LogP contribution in [0.1, 0.15) is 33.1 Å². The molecule has 1 amide bonds. The lowest BCUT2D eigenvalue weighted by Gasteiger charge is -2.36. The quantitative estimate of drug-likeness (QED) is 0.678. The summed E-state index contributed by atoms with van der Waals surface area (Å²) in [4.78, 5) is 11.9. The average molecular weight is 269 g/mol. The maximum atomic E-state index is 12.3. The van der Waals surface area contributed by atoms with Gasteiger partial charge in [0.05, 0.1) is 11.8 Å². The number of amides is 1. The second-order valence-electron chi connectivity index (χ2n) is 6.46. The van der Waals surface area contributed by atoms with E-state index in [9.17, 15) is 13.2 Å². The Kier molecular flexibility index (Phi) is 2.16. The van der Waals surface area contributed by atoms with Crippen LogP contribution < -0.4 is 0 Å². The molecule has 3 atom stereocenters. The Labute approximate surface area is 108 Å². The third-order valence-corrected chi connectivity index (χ3v) is 7.72. The number of hydrogen-bond acceptors (Lipinski definition) is 3. The molecule has 3 fully saturated rings. The zero-order valence-corrected chi connectivity index (χ0v) is 11.7. The maximum Gasteiger partial charge on any atom is 0.259 e. The lowest BCUT2D eigenvalue weighted by Crippen LogP contribution is -2.43. The van der Waals surface area contributed by atoms with E-state index in [4.69, 9.17) is 0 Å². The van der Waals surface area contributed by atoms with Crippen molar-refractivity contribution >= 4 is 15.9 Å². The van der Waals surface area contributed by atoms with Crippen molar-refractivity contribution in [1.29, 1.82) is 0 Å². The van der Waals surface area contributed by atoms with Crippen LogP contribution in [0.5, 0.6) is 0 Å². The maximum absolute atomic E-state index is 12.3. The van der Waals surface area contributed by atoms with Crippen LogP contribution in [-0.4, -0.2) is 30.4 Å². The molecule has 0 unspecified atom stereocenters. The molecule has 2 saturated carbocycles. The number of nitrogens with zero attached hydrogens (tertiary/aromatic N) is 1. The van der Waals surface area contributed by atoms with Crippen molar-refractivity contribution in [1.82, 2.24) is 4.31 Å². The molecule has 2 aliphatic carbocycles. The van der Waals surface area contributed by atoms with E-state index in [-0.39, 0.29) is 22.6 Å². The van der Waals surface area contributed by atoms with Crippen LogP contribution in [0, 0.1) is 16.7 Å². The van der Waals surface area contributed by atoms with Gasteiger partial charge in [0.2, 0.25) is 10.0 Å². The monoisotopic (exact) mass is 269 g/mol. The third kappa shape index (κ3) is 1.12. The fraction of sp³-hybridized carbons (Fsp3) is 0.769. The summed E-state index contributed by atoms with van der Waals surface area (Å²) in [6.07, 6.45) is 3.96. The predicted molar refractivity (Wildman–Crippen MR) is 68.2 cm³/mol. The third-order valence-electron chi connectivity index (χ3n) is 5.80. The van der Waals surface area contributed by atoms with E-state index in [0.717, 1.165) is 29.6 Å². The zero-order chi connectivity index (χ0) is 13.3. The molecule has 0 aromatic rings. The van der Waals surface area contributed by atoms with E-state index >= 15 is 0 Å². The van der Waals surface area contributed by atoms with Crippen LogP contribution in [0.2, 0.25) is 0 Å². The lowest BCUT2D eigenvalue weighted by atomic mass is 9.69. The number of fused-ring (bicyclic) bond motifs is 1. The van der Waals surface area contributed by atoms with Crippen molar-refractivity contribution < 1.29 is 13.2 Å². The Hall–Kier alpha value is -0.840. The van der Waals surface area contributed by atoms with E-state index in [1.165, 1.54) is 0 Å². The van der Waals surface area contributed by atoms with Gasteiger partial charge in [0.25, 0.3) is 5.91 Å². The minimum atomic E-state index is -3.46. The van der Waals surface area contributed by atoms with E-state index in [0.29, 0.717) is 5.92 Å².